The molecule has 0 N–H and O–H groups in total. The van der Waals surface area contributed by atoms with Crippen LogP contribution in [0.15, 0.2) is 59.4 Å². The first-order valence-corrected chi connectivity index (χ1v) is 10.9. The van der Waals surface area contributed by atoms with Crippen LogP contribution >= 0.6 is 0 Å². The first-order chi connectivity index (χ1) is 14.4. The van der Waals surface area contributed by atoms with Crippen LogP contribution in [0.2, 0.25) is 0 Å². The molecule has 0 radical (unpaired) electrons. The molecule has 1 aliphatic heterocycles. The lowest BCUT2D eigenvalue weighted by atomic mass is 9.89. The molecule has 1 aliphatic carbocycles. The summed E-state index contributed by atoms with van der Waals surface area (Å²) in [4.78, 5) is 11.8. The van der Waals surface area contributed by atoms with E-state index in [0.29, 0.717) is 11.7 Å². The van der Waals surface area contributed by atoms with Crippen LogP contribution in [-0.4, -0.2) is 39.7 Å². The molecule has 150 valence electrons. The molecule has 0 spiro atoms. The van der Waals surface area contributed by atoms with Crippen LogP contribution < -0.4 is 0 Å². The molecule has 2 fully saturated rings. The lowest BCUT2D eigenvalue weighted by molar-refractivity contribution is 0.228. The number of nitrogens with zero attached hydrogens (tertiary/aromatic N) is 4. The zero-order chi connectivity index (χ0) is 19.5. The molecule has 0 amide bonds. The summed E-state index contributed by atoms with van der Waals surface area (Å²) in [6, 6.07) is 14.3. The van der Waals surface area contributed by atoms with Gasteiger partial charge in [0.05, 0.1) is 5.92 Å². The highest BCUT2D eigenvalue weighted by molar-refractivity contribution is 5.53. The molecular formula is C24H28N4O. The SMILES string of the molecule is c1ccc(-c2noc([C@@H]3CN(CC4CCCCC4)C[C@H]3c3cccnc3)n2)cc1. The molecule has 1 saturated carbocycles. The molecule has 2 atom stereocenters. The van der Waals surface area contributed by atoms with Crippen LogP contribution in [-0.2, 0) is 0 Å². The molecule has 3 aromatic rings. The first-order valence-electron chi connectivity index (χ1n) is 10.9. The van der Waals surface area contributed by atoms with Gasteiger partial charge in [-0.1, -0.05) is 60.8 Å². The average Bonchev–Trinajstić information content (AvgIpc) is 3.43. The van der Waals surface area contributed by atoms with E-state index < -0.39 is 0 Å². The number of rotatable bonds is 5. The zero-order valence-electron chi connectivity index (χ0n) is 16.8. The molecule has 1 saturated heterocycles. The lowest BCUT2D eigenvalue weighted by Crippen LogP contribution is -2.28. The second-order valence-corrected chi connectivity index (χ2v) is 8.54. The molecule has 0 unspecified atom stereocenters. The topological polar surface area (TPSA) is 55.1 Å². The average molecular weight is 389 g/mol. The molecule has 3 heterocycles. The predicted octanol–water partition coefficient (Wildman–Crippen LogP) is 4.89. The highest BCUT2D eigenvalue weighted by Gasteiger charge is 2.39. The maximum atomic E-state index is 5.78. The third-order valence-electron chi connectivity index (χ3n) is 6.54. The van der Waals surface area contributed by atoms with Gasteiger partial charge in [0.15, 0.2) is 0 Å². The Balaban J connectivity index is 1.39. The quantitative estimate of drug-likeness (QED) is 0.622. The number of pyridine rings is 1. The van der Waals surface area contributed by atoms with E-state index in [9.17, 15) is 0 Å². The predicted molar refractivity (Wildman–Crippen MR) is 112 cm³/mol. The Labute approximate surface area is 172 Å². The smallest absolute Gasteiger partial charge is 0.232 e. The van der Waals surface area contributed by atoms with Crippen LogP contribution in [0.25, 0.3) is 11.4 Å². The minimum Gasteiger partial charge on any atom is -0.339 e. The normalized spacial score (nSPS) is 23.4. The van der Waals surface area contributed by atoms with Gasteiger partial charge in [-0.25, -0.2) is 0 Å². The van der Waals surface area contributed by atoms with Crippen LogP contribution in [0.3, 0.4) is 0 Å². The minimum absolute atomic E-state index is 0.216. The van der Waals surface area contributed by atoms with Gasteiger partial charge >= 0.3 is 0 Å². The maximum Gasteiger partial charge on any atom is 0.232 e. The maximum absolute atomic E-state index is 5.78. The Morgan fingerprint density at radius 1 is 0.931 bits per heavy atom. The van der Waals surface area contributed by atoms with Gasteiger partial charge < -0.3 is 9.42 Å². The van der Waals surface area contributed by atoms with Crippen molar-refractivity contribution in [3.8, 4) is 11.4 Å². The van der Waals surface area contributed by atoms with E-state index in [1.165, 1.54) is 44.2 Å². The Morgan fingerprint density at radius 2 is 1.76 bits per heavy atom. The van der Waals surface area contributed by atoms with E-state index >= 15 is 0 Å². The second kappa shape index (κ2) is 8.46. The molecule has 5 nitrogen and oxygen atoms in total. The third-order valence-corrected chi connectivity index (χ3v) is 6.54. The van der Waals surface area contributed by atoms with Gasteiger partial charge in [0.2, 0.25) is 11.7 Å². The summed E-state index contributed by atoms with van der Waals surface area (Å²) in [6.45, 7) is 3.20. The zero-order valence-corrected chi connectivity index (χ0v) is 16.8. The van der Waals surface area contributed by atoms with Gasteiger partial charge in [0, 0.05) is 43.5 Å². The molecular weight excluding hydrogens is 360 g/mol. The van der Waals surface area contributed by atoms with Crippen LogP contribution in [0.1, 0.15) is 55.4 Å². The molecule has 5 rings (SSSR count). The number of hydrogen-bond acceptors (Lipinski definition) is 5. The van der Waals surface area contributed by atoms with Crippen molar-refractivity contribution in [2.75, 3.05) is 19.6 Å². The summed E-state index contributed by atoms with van der Waals surface area (Å²) >= 11 is 0. The molecule has 2 aromatic heterocycles. The summed E-state index contributed by atoms with van der Waals surface area (Å²) < 4.78 is 5.78. The van der Waals surface area contributed by atoms with Crippen molar-refractivity contribution >= 4 is 0 Å². The monoisotopic (exact) mass is 388 g/mol. The largest absolute Gasteiger partial charge is 0.339 e. The molecule has 29 heavy (non-hydrogen) atoms. The number of benzene rings is 1. The Bertz CT molecular complexity index is 905. The number of likely N-dealkylation sites (tertiary alicyclic amines) is 1. The van der Waals surface area contributed by atoms with E-state index in [4.69, 9.17) is 9.51 Å². The number of aromatic nitrogens is 3. The van der Waals surface area contributed by atoms with Gasteiger partial charge in [0.1, 0.15) is 0 Å². The van der Waals surface area contributed by atoms with E-state index in [-0.39, 0.29) is 5.92 Å². The lowest BCUT2D eigenvalue weighted by Gasteiger charge is -2.26. The fraction of sp³-hybridized carbons (Fsp3) is 0.458. The van der Waals surface area contributed by atoms with Crippen LogP contribution in [0.4, 0.5) is 0 Å². The van der Waals surface area contributed by atoms with Crippen molar-refractivity contribution in [2.45, 2.75) is 43.9 Å². The highest BCUT2D eigenvalue weighted by Crippen LogP contribution is 2.40. The van der Waals surface area contributed by atoms with E-state index in [0.717, 1.165) is 30.5 Å². The van der Waals surface area contributed by atoms with Crippen LogP contribution in [0, 0.1) is 5.92 Å². The highest BCUT2D eigenvalue weighted by atomic mass is 16.5. The van der Waals surface area contributed by atoms with E-state index in [1.54, 1.807) is 0 Å². The first kappa shape index (κ1) is 18.5. The van der Waals surface area contributed by atoms with Crippen molar-refractivity contribution in [1.82, 2.24) is 20.0 Å². The van der Waals surface area contributed by atoms with Gasteiger partial charge in [-0.15, -0.1) is 0 Å². The van der Waals surface area contributed by atoms with Crippen LogP contribution in [0.5, 0.6) is 0 Å². The summed E-state index contributed by atoms with van der Waals surface area (Å²) in [7, 11) is 0. The van der Waals surface area contributed by atoms with E-state index in [2.05, 4.69) is 21.1 Å². The number of hydrogen-bond donors (Lipinski definition) is 0. The summed E-state index contributed by atoms with van der Waals surface area (Å²) in [5.74, 6) is 2.82. The van der Waals surface area contributed by atoms with Gasteiger partial charge in [0.25, 0.3) is 0 Å². The minimum atomic E-state index is 0.216. The van der Waals surface area contributed by atoms with Gasteiger partial charge in [-0.3, -0.25) is 4.98 Å². The molecule has 1 aromatic carbocycles. The van der Waals surface area contributed by atoms with Crippen molar-refractivity contribution in [1.29, 1.82) is 0 Å². The Hall–Kier alpha value is -2.53. The van der Waals surface area contributed by atoms with Crippen molar-refractivity contribution in [3.05, 3.63) is 66.3 Å². The van der Waals surface area contributed by atoms with Gasteiger partial charge in [-0.2, -0.15) is 4.98 Å². The van der Waals surface area contributed by atoms with Crippen molar-refractivity contribution in [3.63, 3.8) is 0 Å². The molecule has 5 heteroatoms. The van der Waals surface area contributed by atoms with Crippen molar-refractivity contribution < 1.29 is 4.52 Å². The van der Waals surface area contributed by atoms with E-state index in [1.807, 2.05) is 48.8 Å². The fourth-order valence-corrected chi connectivity index (χ4v) is 5.04. The standard InChI is InChI=1S/C24H28N4O/c1-3-8-18(9-4-1)15-28-16-21(20-12-7-13-25-14-20)22(17-28)24-26-23(27-29-24)19-10-5-2-6-11-19/h2,5-7,10-14,18,21-22H,1,3-4,8-9,15-17H2/t21-,22+/m0/s1. The second-order valence-electron chi connectivity index (χ2n) is 8.54. The van der Waals surface area contributed by atoms with Gasteiger partial charge in [-0.05, 0) is 30.4 Å². The molecule has 0 bridgehead atoms. The van der Waals surface area contributed by atoms with Crippen molar-refractivity contribution in [2.24, 2.45) is 5.92 Å². The summed E-state index contributed by atoms with van der Waals surface area (Å²) in [5.41, 5.74) is 2.26. The Kier molecular flexibility index (Phi) is 5.39. The summed E-state index contributed by atoms with van der Waals surface area (Å²) in [5, 5.41) is 4.28. The Morgan fingerprint density at radius 3 is 2.55 bits per heavy atom. The molecule has 2 aliphatic rings. The summed E-state index contributed by atoms with van der Waals surface area (Å²) in [6.07, 6.45) is 10.8. The third kappa shape index (κ3) is 4.10. The fourth-order valence-electron chi connectivity index (χ4n) is 5.04.